The van der Waals surface area contributed by atoms with Crippen LogP contribution in [0.25, 0.3) is 10.9 Å². The van der Waals surface area contributed by atoms with Crippen molar-refractivity contribution in [1.29, 1.82) is 0 Å². The zero-order chi connectivity index (χ0) is 13.7. The number of nitrogens with two attached hydrogens (primary N) is 1. The molecule has 0 fully saturated rings. The van der Waals surface area contributed by atoms with Gasteiger partial charge in [0.1, 0.15) is 12.6 Å². The molecule has 0 aliphatic rings. The van der Waals surface area contributed by atoms with E-state index in [4.69, 9.17) is 15.2 Å². The number of H-pyrrole nitrogens is 1. The molecule has 102 valence electrons. The van der Waals surface area contributed by atoms with E-state index in [1.807, 2.05) is 30.5 Å². The second-order valence-corrected chi connectivity index (χ2v) is 4.33. The van der Waals surface area contributed by atoms with Gasteiger partial charge in [0.25, 0.3) is 0 Å². The van der Waals surface area contributed by atoms with Crippen molar-refractivity contribution in [2.75, 3.05) is 20.3 Å². The number of esters is 1. The van der Waals surface area contributed by atoms with Crippen molar-refractivity contribution in [2.24, 2.45) is 5.73 Å². The lowest BCUT2D eigenvalue weighted by Gasteiger charge is -2.10. The van der Waals surface area contributed by atoms with Crippen LogP contribution in [0.4, 0.5) is 0 Å². The predicted molar refractivity (Wildman–Crippen MR) is 72.8 cm³/mol. The normalized spacial score (nSPS) is 12.5. The number of ether oxygens (including phenoxy) is 2. The van der Waals surface area contributed by atoms with Crippen LogP contribution in [0.3, 0.4) is 0 Å². The number of carbonyl (C=O) groups excluding carboxylic acids is 1. The van der Waals surface area contributed by atoms with Crippen LogP contribution in [0, 0.1) is 0 Å². The highest BCUT2D eigenvalue weighted by Crippen LogP contribution is 2.18. The summed E-state index contributed by atoms with van der Waals surface area (Å²) >= 11 is 0. The van der Waals surface area contributed by atoms with Crippen LogP contribution in [0.15, 0.2) is 30.5 Å². The molecular weight excluding hydrogens is 244 g/mol. The maximum Gasteiger partial charge on any atom is 0.323 e. The highest BCUT2D eigenvalue weighted by atomic mass is 16.6. The summed E-state index contributed by atoms with van der Waals surface area (Å²) < 4.78 is 9.82. The van der Waals surface area contributed by atoms with Gasteiger partial charge in [-0.3, -0.25) is 4.79 Å². The molecule has 5 heteroatoms. The number of aromatic amines is 1. The van der Waals surface area contributed by atoms with Gasteiger partial charge in [0.05, 0.1) is 6.61 Å². The summed E-state index contributed by atoms with van der Waals surface area (Å²) in [5.41, 5.74) is 7.91. The number of benzene rings is 1. The summed E-state index contributed by atoms with van der Waals surface area (Å²) in [7, 11) is 1.56. The maximum atomic E-state index is 11.7. The topological polar surface area (TPSA) is 77.3 Å². The van der Waals surface area contributed by atoms with Crippen LogP contribution in [0.2, 0.25) is 0 Å². The molecule has 0 aliphatic carbocycles. The average molecular weight is 262 g/mol. The summed E-state index contributed by atoms with van der Waals surface area (Å²) in [4.78, 5) is 14.8. The van der Waals surface area contributed by atoms with E-state index in [0.29, 0.717) is 13.0 Å². The van der Waals surface area contributed by atoms with Gasteiger partial charge in [-0.2, -0.15) is 0 Å². The Bertz CT molecular complexity index is 550. The van der Waals surface area contributed by atoms with Gasteiger partial charge >= 0.3 is 5.97 Å². The molecule has 0 spiro atoms. The van der Waals surface area contributed by atoms with E-state index in [2.05, 4.69) is 4.98 Å². The fraction of sp³-hybridized carbons (Fsp3) is 0.357. The van der Waals surface area contributed by atoms with Gasteiger partial charge in [-0.05, 0) is 11.6 Å². The molecule has 1 aromatic carbocycles. The van der Waals surface area contributed by atoms with Crippen molar-refractivity contribution in [2.45, 2.75) is 12.5 Å². The van der Waals surface area contributed by atoms with E-state index < -0.39 is 12.0 Å². The molecule has 0 bridgehead atoms. The molecule has 1 atom stereocenters. The minimum Gasteiger partial charge on any atom is -0.462 e. The van der Waals surface area contributed by atoms with Gasteiger partial charge in [0.15, 0.2) is 0 Å². The van der Waals surface area contributed by atoms with Gasteiger partial charge in [0, 0.05) is 30.6 Å². The number of nitrogens with one attached hydrogen (secondary N) is 1. The maximum absolute atomic E-state index is 11.7. The van der Waals surface area contributed by atoms with E-state index in [1.165, 1.54) is 0 Å². The SMILES string of the molecule is COCCOC(=O)[C@@H](N)Cc1c[nH]c2ccccc12. The molecule has 1 heterocycles. The first-order valence-corrected chi connectivity index (χ1v) is 6.18. The number of methoxy groups -OCH3 is 1. The number of hydrogen-bond donors (Lipinski definition) is 2. The lowest BCUT2D eigenvalue weighted by Crippen LogP contribution is -2.34. The van der Waals surface area contributed by atoms with Crippen LogP contribution in [0.1, 0.15) is 5.56 Å². The first kappa shape index (κ1) is 13.6. The summed E-state index contributed by atoms with van der Waals surface area (Å²) in [6, 6.07) is 7.26. The van der Waals surface area contributed by atoms with Crippen LogP contribution in [-0.4, -0.2) is 37.3 Å². The number of aromatic nitrogens is 1. The van der Waals surface area contributed by atoms with Crippen molar-refractivity contribution in [3.05, 3.63) is 36.0 Å². The number of rotatable bonds is 6. The monoisotopic (exact) mass is 262 g/mol. The Morgan fingerprint density at radius 3 is 2.95 bits per heavy atom. The Morgan fingerprint density at radius 1 is 1.37 bits per heavy atom. The molecule has 5 nitrogen and oxygen atoms in total. The predicted octanol–water partition coefficient (Wildman–Crippen LogP) is 1.23. The molecule has 0 aliphatic heterocycles. The molecular formula is C14H18N2O3. The highest BCUT2D eigenvalue weighted by molar-refractivity contribution is 5.84. The number of fused-ring (bicyclic) bond motifs is 1. The smallest absolute Gasteiger partial charge is 0.323 e. The lowest BCUT2D eigenvalue weighted by molar-refractivity contribution is -0.146. The molecule has 2 aromatic rings. The van der Waals surface area contributed by atoms with Crippen molar-refractivity contribution in [3.8, 4) is 0 Å². The third kappa shape index (κ3) is 3.33. The zero-order valence-electron chi connectivity index (χ0n) is 10.9. The molecule has 3 N–H and O–H groups in total. The van der Waals surface area contributed by atoms with Crippen LogP contribution >= 0.6 is 0 Å². The lowest BCUT2D eigenvalue weighted by atomic mass is 10.1. The number of para-hydroxylation sites is 1. The van der Waals surface area contributed by atoms with Crippen molar-refractivity contribution in [3.63, 3.8) is 0 Å². The van der Waals surface area contributed by atoms with E-state index in [9.17, 15) is 4.79 Å². The minimum atomic E-state index is -0.656. The van der Waals surface area contributed by atoms with Gasteiger partial charge in [0.2, 0.25) is 0 Å². The standard InChI is InChI=1S/C14H18N2O3/c1-18-6-7-19-14(17)12(15)8-10-9-16-13-5-3-2-4-11(10)13/h2-5,9,12,16H,6-8,15H2,1H3/t12-/m0/s1. The first-order valence-electron chi connectivity index (χ1n) is 6.18. The highest BCUT2D eigenvalue weighted by Gasteiger charge is 2.17. The fourth-order valence-electron chi connectivity index (χ4n) is 1.95. The molecule has 0 radical (unpaired) electrons. The molecule has 2 rings (SSSR count). The van der Waals surface area contributed by atoms with Crippen molar-refractivity contribution >= 4 is 16.9 Å². The molecule has 0 saturated carbocycles. The fourth-order valence-corrected chi connectivity index (χ4v) is 1.95. The molecule has 0 unspecified atom stereocenters. The quantitative estimate of drug-likeness (QED) is 0.606. The average Bonchev–Trinajstić information content (AvgIpc) is 2.82. The summed E-state index contributed by atoms with van der Waals surface area (Å²) in [6.45, 7) is 0.614. The third-order valence-electron chi connectivity index (χ3n) is 2.95. The van der Waals surface area contributed by atoms with E-state index in [0.717, 1.165) is 16.5 Å². The third-order valence-corrected chi connectivity index (χ3v) is 2.95. The Hall–Kier alpha value is -1.85. The zero-order valence-corrected chi connectivity index (χ0v) is 10.9. The van der Waals surface area contributed by atoms with Crippen LogP contribution in [-0.2, 0) is 20.7 Å². The Balaban J connectivity index is 1.98. The van der Waals surface area contributed by atoms with Crippen molar-refractivity contribution in [1.82, 2.24) is 4.98 Å². The summed E-state index contributed by atoms with van der Waals surface area (Å²) in [5.74, 6) is -0.401. The van der Waals surface area contributed by atoms with E-state index in [-0.39, 0.29) is 6.61 Å². The van der Waals surface area contributed by atoms with Crippen LogP contribution < -0.4 is 5.73 Å². The molecule has 0 saturated heterocycles. The minimum absolute atomic E-state index is 0.233. The second kappa shape index (κ2) is 6.36. The van der Waals surface area contributed by atoms with Gasteiger partial charge in [-0.25, -0.2) is 0 Å². The summed E-state index contributed by atoms with van der Waals surface area (Å²) in [6.07, 6.45) is 2.34. The van der Waals surface area contributed by atoms with Gasteiger partial charge in [-0.15, -0.1) is 0 Å². The molecule has 19 heavy (non-hydrogen) atoms. The molecule has 0 amide bonds. The Morgan fingerprint density at radius 2 is 2.16 bits per heavy atom. The first-order chi connectivity index (χ1) is 9.22. The van der Waals surface area contributed by atoms with Gasteiger partial charge < -0.3 is 20.2 Å². The number of hydrogen-bond acceptors (Lipinski definition) is 4. The number of carbonyl (C=O) groups is 1. The second-order valence-electron chi connectivity index (χ2n) is 4.33. The summed E-state index contributed by atoms with van der Waals surface area (Å²) in [5, 5.41) is 1.09. The Kier molecular flexibility index (Phi) is 4.54. The van der Waals surface area contributed by atoms with Crippen LogP contribution in [0.5, 0.6) is 0 Å². The largest absolute Gasteiger partial charge is 0.462 e. The van der Waals surface area contributed by atoms with Gasteiger partial charge in [-0.1, -0.05) is 18.2 Å². The Labute approximate surface area is 111 Å². The van der Waals surface area contributed by atoms with E-state index in [1.54, 1.807) is 7.11 Å². The van der Waals surface area contributed by atoms with Crippen molar-refractivity contribution < 1.29 is 14.3 Å². The van der Waals surface area contributed by atoms with E-state index >= 15 is 0 Å². The molecule has 1 aromatic heterocycles.